The average Bonchev–Trinajstić information content (AvgIpc) is 1.57. The highest BCUT2D eigenvalue weighted by molar-refractivity contribution is 7.90. The van der Waals surface area contributed by atoms with Crippen molar-refractivity contribution in [3.05, 3.63) is 0 Å². The maximum Gasteiger partial charge on any atom is 0.214 e. The van der Waals surface area contributed by atoms with Gasteiger partial charge in [0.05, 0.1) is 4.75 Å². The molecule has 1 saturated carbocycles. The molecule has 0 amide bonds. The molecule has 0 bridgehead atoms. The molecule has 2 N–H and O–H groups in total. The van der Waals surface area contributed by atoms with Gasteiger partial charge in [0.2, 0.25) is 10.0 Å². The predicted octanol–water partition coefficient (Wildman–Crippen LogP) is 0.218. The van der Waals surface area contributed by atoms with Crippen molar-refractivity contribution in [3.8, 4) is 0 Å². The van der Waals surface area contributed by atoms with Crippen LogP contribution in [0.1, 0.15) is 26.2 Å². The quantitative estimate of drug-likeness (QED) is 0.579. The Morgan fingerprint density at radius 2 is 1.89 bits per heavy atom. The van der Waals surface area contributed by atoms with Gasteiger partial charge in [-0.25, -0.2) is 13.6 Å². The van der Waals surface area contributed by atoms with Gasteiger partial charge in [-0.15, -0.1) is 0 Å². The van der Waals surface area contributed by atoms with Gasteiger partial charge in [0.25, 0.3) is 0 Å². The Kier molecular flexibility index (Phi) is 1.33. The third kappa shape index (κ3) is 0.966. The number of primary sulfonamides is 1. The largest absolute Gasteiger partial charge is 0.228 e. The fraction of sp³-hybridized carbons (Fsp3) is 1.00. The number of rotatable bonds is 1. The van der Waals surface area contributed by atoms with Gasteiger partial charge in [0, 0.05) is 0 Å². The molecule has 0 aromatic heterocycles. The second kappa shape index (κ2) is 1.70. The highest BCUT2D eigenvalue weighted by atomic mass is 32.2. The lowest BCUT2D eigenvalue weighted by atomic mass is 9.86. The van der Waals surface area contributed by atoms with Crippen molar-refractivity contribution in [2.24, 2.45) is 5.14 Å². The highest BCUT2D eigenvalue weighted by Crippen LogP contribution is 2.36. The monoisotopic (exact) mass is 149 g/mol. The van der Waals surface area contributed by atoms with Crippen molar-refractivity contribution in [1.82, 2.24) is 0 Å². The van der Waals surface area contributed by atoms with Crippen molar-refractivity contribution < 1.29 is 8.42 Å². The van der Waals surface area contributed by atoms with E-state index in [1.807, 2.05) is 0 Å². The number of hydrogen-bond acceptors (Lipinski definition) is 2. The average molecular weight is 149 g/mol. The van der Waals surface area contributed by atoms with E-state index >= 15 is 0 Å². The SMILES string of the molecule is CC1(S(N)(=O)=O)CCC1. The van der Waals surface area contributed by atoms with Gasteiger partial charge in [0.15, 0.2) is 0 Å². The first kappa shape index (κ1) is 7.02. The van der Waals surface area contributed by atoms with Crippen molar-refractivity contribution in [3.63, 3.8) is 0 Å². The molecule has 1 rings (SSSR count). The summed E-state index contributed by atoms with van der Waals surface area (Å²) in [5.74, 6) is 0. The van der Waals surface area contributed by atoms with Crippen molar-refractivity contribution in [2.45, 2.75) is 30.9 Å². The fourth-order valence-corrected chi connectivity index (χ4v) is 1.82. The Balaban J connectivity index is 2.84. The topological polar surface area (TPSA) is 60.2 Å². The van der Waals surface area contributed by atoms with Gasteiger partial charge in [-0.2, -0.15) is 0 Å². The first-order valence-electron chi connectivity index (χ1n) is 2.98. The third-order valence-corrected chi connectivity index (χ3v) is 3.88. The molecule has 0 aliphatic heterocycles. The maximum atomic E-state index is 10.7. The summed E-state index contributed by atoms with van der Waals surface area (Å²) in [5, 5.41) is 4.95. The maximum absolute atomic E-state index is 10.7. The standard InChI is InChI=1S/C5H11NO2S/c1-5(3-2-4-5)9(6,7)8/h2-4H2,1H3,(H2,6,7,8). The summed E-state index contributed by atoms with van der Waals surface area (Å²) in [6.07, 6.45) is 2.45. The molecule has 0 radical (unpaired) electrons. The zero-order valence-corrected chi connectivity index (χ0v) is 6.24. The van der Waals surface area contributed by atoms with Gasteiger partial charge in [-0.05, 0) is 19.8 Å². The minimum Gasteiger partial charge on any atom is -0.228 e. The molecule has 0 saturated heterocycles. The van der Waals surface area contributed by atoms with E-state index in [4.69, 9.17) is 5.14 Å². The van der Waals surface area contributed by atoms with Crippen LogP contribution in [0.2, 0.25) is 0 Å². The van der Waals surface area contributed by atoms with Gasteiger partial charge >= 0.3 is 0 Å². The molecule has 3 nitrogen and oxygen atoms in total. The summed E-state index contributed by atoms with van der Waals surface area (Å²) < 4.78 is 20.8. The molecule has 9 heavy (non-hydrogen) atoms. The van der Waals surface area contributed by atoms with E-state index in [1.165, 1.54) is 0 Å². The Morgan fingerprint density at radius 3 is 1.89 bits per heavy atom. The van der Waals surface area contributed by atoms with Crippen molar-refractivity contribution in [1.29, 1.82) is 0 Å². The number of sulfonamides is 1. The van der Waals surface area contributed by atoms with E-state index in [0.29, 0.717) is 0 Å². The van der Waals surface area contributed by atoms with E-state index < -0.39 is 14.8 Å². The van der Waals surface area contributed by atoms with Crippen LogP contribution in [0.3, 0.4) is 0 Å². The summed E-state index contributed by atoms with van der Waals surface area (Å²) in [6, 6.07) is 0. The van der Waals surface area contributed by atoms with Crippen LogP contribution in [0.25, 0.3) is 0 Å². The summed E-state index contributed by atoms with van der Waals surface area (Å²) >= 11 is 0. The zero-order valence-electron chi connectivity index (χ0n) is 5.42. The van der Waals surface area contributed by atoms with Crippen LogP contribution in [0.15, 0.2) is 0 Å². The van der Waals surface area contributed by atoms with Crippen LogP contribution in [0, 0.1) is 0 Å². The summed E-state index contributed by atoms with van der Waals surface area (Å²) in [7, 11) is -3.27. The van der Waals surface area contributed by atoms with E-state index in [1.54, 1.807) is 6.92 Å². The molecule has 0 aromatic rings. The molecule has 0 spiro atoms. The van der Waals surface area contributed by atoms with Gasteiger partial charge in [0.1, 0.15) is 0 Å². The molecule has 1 aliphatic carbocycles. The molecule has 0 heterocycles. The molecule has 4 heteroatoms. The van der Waals surface area contributed by atoms with Crippen LogP contribution in [0.4, 0.5) is 0 Å². The minimum absolute atomic E-state index is 0.590. The Morgan fingerprint density at radius 1 is 1.44 bits per heavy atom. The summed E-state index contributed by atoms with van der Waals surface area (Å²) in [6.45, 7) is 1.70. The molecule has 1 aliphatic rings. The first-order valence-corrected chi connectivity index (χ1v) is 4.53. The molecular weight excluding hydrogens is 138 g/mol. The molecule has 0 aromatic carbocycles. The minimum atomic E-state index is -3.27. The lowest BCUT2D eigenvalue weighted by molar-refractivity contribution is 0.363. The smallest absolute Gasteiger partial charge is 0.214 e. The number of nitrogens with two attached hydrogens (primary N) is 1. The molecular formula is C5H11NO2S. The predicted molar refractivity (Wildman–Crippen MR) is 35.4 cm³/mol. The number of hydrogen-bond donors (Lipinski definition) is 1. The van der Waals surface area contributed by atoms with Gasteiger partial charge in [-0.1, -0.05) is 6.42 Å². The third-order valence-electron chi connectivity index (χ3n) is 2.10. The van der Waals surface area contributed by atoms with Crippen LogP contribution < -0.4 is 5.14 Å². The molecule has 0 unspecified atom stereocenters. The van der Waals surface area contributed by atoms with E-state index in [2.05, 4.69) is 0 Å². The second-order valence-electron chi connectivity index (χ2n) is 2.85. The normalized spacial score (nSPS) is 25.1. The highest BCUT2D eigenvalue weighted by Gasteiger charge is 2.42. The Hall–Kier alpha value is -0.0900. The van der Waals surface area contributed by atoms with Gasteiger partial charge < -0.3 is 0 Å². The van der Waals surface area contributed by atoms with Crippen LogP contribution in [0.5, 0.6) is 0 Å². The van der Waals surface area contributed by atoms with Crippen LogP contribution in [-0.4, -0.2) is 13.2 Å². The second-order valence-corrected chi connectivity index (χ2v) is 4.92. The summed E-state index contributed by atoms with van der Waals surface area (Å²) in [4.78, 5) is 0. The lowest BCUT2D eigenvalue weighted by Gasteiger charge is -2.35. The lowest BCUT2D eigenvalue weighted by Crippen LogP contribution is -2.46. The first-order chi connectivity index (χ1) is 3.96. The molecule has 1 fully saturated rings. The Bertz CT molecular complexity index is 203. The van der Waals surface area contributed by atoms with Crippen LogP contribution in [-0.2, 0) is 10.0 Å². The van der Waals surface area contributed by atoms with E-state index in [9.17, 15) is 8.42 Å². The van der Waals surface area contributed by atoms with Crippen molar-refractivity contribution in [2.75, 3.05) is 0 Å². The zero-order chi connectivity index (χ0) is 7.12. The van der Waals surface area contributed by atoms with Crippen molar-refractivity contribution >= 4 is 10.0 Å². The molecule has 54 valence electrons. The summed E-state index contributed by atoms with van der Waals surface area (Å²) in [5.41, 5.74) is 0. The van der Waals surface area contributed by atoms with Crippen LogP contribution >= 0.6 is 0 Å². The van der Waals surface area contributed by atoms with E-state index in [0.717, 1.165) is 19.3 Å². The fourth-order valence-electron chi connectivity index (χ4n) is 0.959. The Labute approximate surface area is 55.3 Å². The molecule has 0 atom stereocenters. The van der Waals surface area contributed by atoms with E-state index in [-0.39, 0.29) is 0 Å². The van der Waals surface area contributed by atoms with Gasteiger partial charge in [-0.3, -0.25) is 0 Å².